The van der Waals surface area contributed by atoms with Gasteiger partial charge in [-0.15, -0.1) is 0 Å². The van der Waals surface area contributed by atoms with Crippen LogP contribution in [0.5, 0.6) is 0 Å². The molecule has 22 heavy (non-hydrogen) atoms. The maximum atomic E-state index is 12.0. The summed E-state index contributed by atoms with van der Waals surface area (Å²) in [6.45, 7) is 2.40. The summed E-state index contributed by atoms with van der Waals surface area (Å²) in [7, 11) is 0. The van der Waals surface area contributed by atoms with Crippen molar-refractivity contribution in [3.05, 3.63) is 71.6 Å². The number of hydrogen-bond acceptors (Lipinski definition) is 4. The van der Waals surface area contributed by atoms with Gasteiger partial charge in [0, 0.05) is 12.1 Å². The molecule has 3 aromatic rings. The van der Waals surface area contributed by atoms with Crippen LogP contribution in [0.2, 0.25) is 0 Å². The van der Waals surface area contributed by atoms with Gasteiger partial charge in [0.1, 0.15) is 0 Å². The molecule has 0 radical (unpaired) electrons. The maximum Gasteiger partial charge on any atom is 0.316 e. The number of rotatable bonds is 4. The molecule has 0 spiro atoms. The lowest BCUT2D eigenvalue weighted by atomic mass is 10.1. The Balaban J connectivity index is 1.69. The number of aromatic nitrogens is 2. The van der Waals surface area contributed by atoms with E-state index in [1.165, 1.54) is 0 Å². The highest BCUT2D eigenvalue weighted by molar-refractivity contribution is 5.89. The summed E-state index contributed by atoms with van der Waals surface area (Å²) in [4.78, 5) is 16.2. The average molecular weight is 293 g/mol. The first kappa shape index (κ1) is 14.0. The smallest absolute Gasteiger partial charge is 0.316 e. The van der Waals surface area contributed by atoms with Crippen molar-refractivity contribution in [3.63, 3.8) is 0 Å². The third kappa shape index (κ3) is 3.20. The monoisotopic (exact) mass is 293 g/mol. The van der Waals surface area contributed by atoms with Gasteiger partial charge in [0.05, 0.1) is 0 Å². The van der Waals surface area contributed by atoms with Crippen molar-refractivity contribution in [2.24, 2.45) is 0 Å². The van der Waals surface area contributed by atoms with Crippen LogP contribution in [0.25, 0.3) is 11.4 Å². The first-order valence-corrected chi connectivity index (χ1v) is 6.95. The number of nitrogens with one attached hydrogen (secondary N) is 1. The summed E-state index contributed by atoms with van der Waals surface area (Å²) < 4.78 is 5.04. The number of benzene rings is 2. The van der Waals surface area contributed by atoms with Crippen LogP contribution < -0.4 is 5.32 Å². The molecule has 1 amide bonds. The van der Waals surface area contributed by atoms with Crippen LogP contribution in [0.1, 0.15) is 21.8 Å². The fourth-order valence-corrected chi connectivity index (χ4v) is 2.07. The molecular formula is C17H15N3O2. The molecule has 5 heteroatoms. The highest BCUT2D eigenvalue weighted by Crippen LogP contribution is 2.16. The number of amides is 1. The van der Waals surface area contributed by atoms with Gasteiger partial charge in [0.2, 0.25) is 5.82 Å². The molecule has 0 atom stereocenters. The van der Waals surface area contributed by atoms with Crippen LogP contribution >= 0.6 is 0 Å². The van der Waals surface area contributed by atoms with Crippen molar-refractivity contribution < 1.29 is 9.32 Å². The normalized spacial score (nSPS) is 10.4. The minimum atomic E-state index is -0.379. The van der Waals surface area contributed by atoms with Crippen LogP contribution in [-0.2, 0) is 6.54 Å². The largest absolute Gasteiger partial charge is 0.344 e. The quantitative estimate of drug-likeness (QED) is 0.803. The molecule has 0 aliphatic carbocycles. The lowest BCUT2D eigenvalue weighted by Gasteiger charge is -2.01. The van der Waals surface area contributed by atoms with Crippen molar-refractivity contribution in [2.75, 3.05) is 0 Å². The minimum absolute atomic E-state index is 0.0348. The Bertz CT molecular complexity index is 781. The van der Waals surface area contributed by atoms with Crippen LogP contribution in [0, 0.1) is 6.92 Å². The number of carbonyl (C=O) groups excluding carboxylic acids is 1. The molecule has 0 saturated heterocycles. The zero-order valence-electron chi connectivity index (χ0n) is 12.1. The van der Waals surface area contributed by atoms with Crippen LogP contribution in [-0.4, -0.2) is 16.0 Å². The van der Waals surface area contributed by atoms with E-state index in [1.807, 2.05) is 61.5 Å². The van der Waals surface area contributed by atoms with E-state index in [1.54, 1.807) is 0 Å². The second-order valence-electron chi connectivity index (χ2n) is 4.96. The fraction of sp³-hybridized carbons (Fsp3) is 0.118. The first-order valence-electron chi connectivity index (χ1n) is 6.95. The average Bonchev–Trinajstić information content (AvgIpc) is 3.04. The second kappa shape index (κ2) is 6.22. The topological polar surface area (TPSA) is 68.0 Å². The van der Waals surface area contributed by atoms with E-state index in [4.69, 9.17) is 4.52 Å². The summed E-state index contributed by atoms with van der Waals surface area (Å²) >= 11 is 0. The maximum absolute atomic E-state index is 12.0. The van der Waals surface area contributed by atoms with Gasteiger partial charge in [0.15, 0.2) is 0 Å². The van der Waals surface area contributed by atoms with E-state index < -0.39 is 0 Å². The van der Waals surface area contributed by atoms with Crippen molar-refractivity contribution in [1.82, 2.24) is 15.5 Å². The summed E-state index contributed by atoms with van der Waals surface area (Å²) in [6, 6.07) is 17.4. The van der Waals surface area contributed by atoms with Gasteiger partial charge in [0.25, 0.3) is 0 Å². The predicted molar refractivity (Wildman–Crippen MR) is 82.1 cm³/mol. The van der Waals surface area contributed by atoms with E-state index in [0.717, 1.165) is 16.7 Å². The number of hydrogen-bond donors (Lipinski definition) is 1. The van der Waals surface area contributed by atoms with Gasteiger partial charge in [-0.1, -0.05) is 59.3 Å². The molecule has 5 nitrogen and oxygen atoms in total. The highest BCUT2D eigenvalue weighted by Gasteiger charge is 2.15. The van der Waals surface area contributed by atoms with Crippen molar-refractivity contribution in [1.29, 1.82) is 0 Å². The molecule has 0 bridgehead atoms. The SMILES string of the molecule is Cc1cccc(-c2noc(C(=O)NCc3ccccc3)n2)c1. The van der Waals surface area contributed by atoms with E-state index in [2.05, 4.69) is 15.5 Å². The summed E-state index contributed by atoms with van der Waals surface area (Å²) in [6.07, 6.45) is 0. The van der Waals surface area contributed by atoms with Crippen molar-refractivity contribution in [2.45, 2.75) is 13.5 Å². The molecule has 0 fully saturated rings. The molecule has 1 aromatic heterocycles. The number of aryl methyl sites for hydroxylation is 1. The van der Waals surface area contributed by atoms with Crippen molar-refractivity contribution in [3.8, 4) is 11.4 Å². The van der Waals surface area contributed by atoms with E-state index in [0.29, 0.717) is 12.4 Å². The third-order valence-corrected chi connectivity index (χ3v) is 3.19. The predicted octanol–water partition coefficient (Wildman–Crippen LogP) is 2.98. The Kier molecular flexibility index (Phi) is 3.96. The van der Waals surface area contributed by atoms with E-state index >= 15 is 0 Å². The lowest BCUT2D eigenvalue weighted by Crippen LogP contribution is -2.23. The lowest BCUT2D eigenvalue weighted by molar-refractivity contribution is 0.0907. The molecule has 1 heterocycles. The second-order valence-corrected chi connectivity index (χ2v) is 4.96. The molecule has 2 aromatic carbocycles. The summed E-state index contributed by atoms with van der Waals surface area (Å²) in [5.74, 6) is -0.00347. The standard InChI is InChI=1S/C17H15N3O2/c1-12-6-5-9-14(10-12)15-19-17(22-20-15)16(21)18-11-13-7-3-2-4-8-13/h2-10H,11H2,1H3,(H,18,21). The first-order chi connectivity index (χ1) is 10.7. The number of nitrogens with zero attached hydrogens (tertiary/aromatic N) is 2. The summed E-state index contributed by atoms with van der Waals surface area (Å²) in [5, 5.41) is 6.61. The minimum Gasteiger partial charge on any atom is -0.344 e. The Morgan fingerprint density at radius 3 is 2.73 bits per heavy atom. The zero-order chi connectivity index (χ0) is 15.4. The van der Waals surface area contributed by atoms with Gasteiger partial charge in [-0.05, 0) is 18.6 Å². The van der Waals surface area contributed by atoms with Gasteiger partial charge >= 0.3 is 11.8 Å². The van der Waals surface area contributed by atoms with Gasteiger partial charge in [-0.2, -0.15) is 4.98 Å². The number of carbonyl (C=O) groups is 1. The van der Waals surface area contributed by atoms with Crippen LogP contribution in [0.4, 0.5) is 0 Å². The summed E-state index contributed by atoms with van der Waals surface area (Å²) in [5.41, 5.74) is 2.93. The molecular weight excluding hydrogens is 278 g/mol. The van der Waals surface area contributed by atoms with Gasteiger partial charge in [-0.25, -0.2) is 0 Å². The Morgan fingerprint density at radius 2 is 1.95 bits per heavy atom. The molecule has 0 saturated carbocycles. The highest BCUT2D eigenvalue weighted by atomic mass is 16.5. The molecule has 0 aliphatic heterocycles. The van der Waals surface area contributed by atoms with Crippen LogP contribution in [0.15, 0.2) is 59.1 Å². The molecule has 1 N–H and O–H groups in total. The third-order valence-electron chi connectivity index (χ3n) is 3.19. The Morgan fingerprint density at radius 1 is 1.14 bits per heavy atom. The zero-order valence-corrected chi connectivity index (χ0v) is 12.1. The van der Waals surface area contributed by atoms with Gasteiger partial charge < -0.3 is 9.84 Å². The van der Waals surface area contributed by atoms with Crippen LogP contribution in [0.3, 0.4) is 0 Å². The fourth-order valence-electron chi connectivity index (χ4n) is 2.07. The van der Waals surface area contributed by atoms with Gasteiger partial charge in [-0.3, -0.25) is 4.79 Å². The molecule has 0 aliphatic rings. The Hall–Kier alpha value is -2.95. The molecule has 110 valence electrons. The molecule has 0 unspecified atom stereocenters. The van der Waals surface area contributed by atoms with E-state index in [-0.39, 0.29) is 11.8 Å². The molecule has 3 rings (SSSR count). The Labute approximate surface area is 128 Å². The van der Waals surface area contributed by atoms with Crippen molar-refractivity contribution >= 4 is 5.91 Å². The van der Waals surface area contributed by atoms with E-state index in [9.17, 15) is 4.79 Å².